The molecule has 0 bridgehead atoms. The molecular formula is C9H9Cl2N5O2S. The van der Waals surface area contributed by atoms with Crippen molar-refractivity contribution in [2.45, 2.75) is 17.9 Å². The standard InChI is InChI=1S/C9H9Cl2N5O2S/c1-5(9-12-15-16-13-9)14-19(17,18)7-4-2-3-6(10)8(7)11/h2-5,14H,1H3,(H,12,13,15,16). The van der Waals surface area contributed by atoms with Gasteiger partial charge in [0, 0.05) is 0 Å². The van der Waals surface area contributed by atoms with E-state index < -0.39 is 16.1 Å². The highest BCUT2D eigenvalue weighted by Gasteiger charge is 2.23. The third-order valence-electron chi connectivity index (χ3n) is 2.29. The first kappa shape index (κ1) is 14.2. The molecule has 1 atom stereocenters. The van der Waals surface area contributed by atoms with Gasteiger partial charge in [-0.15, -0.1) is 10.2 Å². The molecule has 0 aliphatic rings. The number of aromatic amines is 1. The quantitative estimate of drug-likeness (QED) is 0.889. The first-order valence-electron chi connectivity index (χ1n) is 5.11. The lowest BCUT2D eigenvalue weighted by Crippen LogP contribution is -2.28. The van der Waals surface area contributed by atoms with E-state index in [1.807, 2.05) is 0 Å². The fourth-order valence-corrected chi connectivity index (χ4v) is 3.36. The van der Waals surface area contributed by atoms with Crippen molar-refractivity contribution in [3.8, 4) is 0 Å². The highest BCUT2D eigenvalue weighted by molar-refractivity contribution is 7.89. The van der Waals surface area contributed by atoms with Gasteiger partial charge in [0.1, 0.15) is 4.90 Å². The second-order valence-electron chi connectivity index (χ2n) is 3.66. The zero-order valence-corrected chi connectivity index (χ0v) is 12.0. The Kier molecular flexibility index (Phi) is 4.04. The van der Waals surface area contributed by atoms with E-state index in [2.05, 4.69) is 25.3 Å². The molecule has 0 aliphatic heterocycles. The fraction of sp³-hybridized carbons (Fsp3) is 0.222. The smallest absolute Gasteiger partial charge is 0.207 e. The summed E-state index contributed by atoms with van der Waals surface area (Å²) in [5.41, 5.74) is 0. The summed E-state index contributed by atoms with van der Waals surface area (Å²) in [6, 6.07) is 3.71. The zero-order valence-electron chi connectivity index (χ0n) is 9.63. The van der Waals surface area contributed by atoms with Crippen LogP contribution in [-0.2, 0) is 10.0 Å². The highest BCUT2D eigenvalue weighted by Crippen LogP contribution is 2.29. The summed E-state index contributed by atoms with van der Waals surface area (Å²) in [7, 11) is -3.83. The first-order valence-corrected chi connectivity index (χ1v) is 7.35. The average molecular weight is 322 g/mol. The molecular weight excluding hydrogens is 313 g/mol. The number of tetrazole rings is 1. The van der Waals surface area contributed by atoms with E-state index in [4.69, 9.17) is 23.2 Å². The number of aromatic nitrogens is 4. The fourth-order valence-electron chi connectivity index (χ4n) is 1.39. The Balaban J connectivity index is 2.31. The molecule has 10 heteroatoms. The molecule has 1 unspecified atom stereocenters. The minimum absolute atomic E-state index is 0.0306. The lowest BCUT2D eigenvalue weighted by molar-refractivity contribution is 0.560. The lowest BCUT2D eigenvalue weighted by Gasteiger charge is -2.12. The Morgan fingerprint density at radius 1 is 1.37 bits per heavy atom. The summed E-state index contributed by atoms with van der Waals surface area (Å²) in [6.07, 6.45) is 0. The van der Waals surface area contributed by atoms with E-state index in [-0.39, 0.29) is 20.8 Å². The molecule has 1 heterocycles. The van der Waals surface area contributed by atoms with E-state index in [9.17, 15) is 8.42 Å². The molecule has 2 rings (SSSR count). The van der Waals surface area contributed by atoms with E-state index in [0.29, 0.717) is 0 Å². The molecule has 102 valence electrons. The number of hydrogen-bond donors (Lipinski definition) is 2. The highest BCUT2D eigenvalue weighted by atomic mass is 35.5. The second-order valence-corrected chi connectivity index (χ2v) is 6.13. The summed E-state index contributed by atoms with van der Waals surface area (Å²) in [6.45, 7) is 1.58. The Morgan fingerprint density at radius 2 is 2.11 bits per heavy atom. The lowest BCUT2D eigenvalue weighted by atomic mass is 10.3. The Labute approximate surface area is 119 Å². The normalized spacial score (nSPS) is 13.4. The van der Waals surface area contributed by atoms with Crippen molar-refractivity contribution in [3.05, 3.63) is 34.1 Å². The van der Waals surface area contributed by atoms with Crippen molar-refractivity contribution in [2.24, 2.45) is 0 Å². The van der Waals surface area contributed by atoms with Crippen LogP contribution in [0.3, 0.4) is 0 Å². The number of nitrogens with one attached hydrogen (secondary N) is 2. The molecule has 0 saturated heterocycles. The molecule has 0 aliphatic carbocycles. The minimum Gasteiger partial charge on any atom is -0.207 e. The summed E-state index contributed by atoms with van der Waals surface area (Å²) in [5.74, 6) is 0.224. The van der Waals surface area contributed by atoms with Crippen LogP contribution in [0.1, 0.15) is 18.8 Å². The molecule has 0 saturated carbocycles. The number of H-pyrrole nitrogens is 1. The number of nitrogens with zero attached hydrogens (tertiary/aromatic N) is 3. The Morgan fingerprint density at radius 3 is 2.74 bits per heavy atom. The number of hydrogen-bond acceptors (Lipinski definition) is 5. The van der Waals surface area contributed by atoms with Gasteiger partial charge in [0.25, 0.3) is 0 Å². The van der Waals surface area contributed by atoms with Gasteiger partial charge in [0.2, 0.25) is 10.0 Å². The SMILES string of the molecule is CC(NS(=O)(=O)c1cccc(Cl)c1Cl)c1nn[nH]n1. The van der Waals surface area contributed by atoms with Crippen LogP contribution in [0.5, 0.6) is 0 Å². The number of halogens is 2. The van der Waals surface area contributed by atoms with E-state index in [1.165, 1.54) is 18.2 Å². The zero-order chi connectivity index (χ0) is 14.0. The molecule has 0 amide bonds. The predicted octanol–water partition coefficient (Wildman–Crippen LogP) is 1.55. The molecule has 19 heavy (non-hydrogen) atoms. The Bertz CT molecular complexity index is 674. The van der Waals surface area contributed by atoms with Crippen LogP contribution in [0.4, 0.5) is 0 Å². The summed E-state index contributed by atoms with van der Waals surface area (Å²) in [4.78, 5) is -0.1000. The number of benzene rings is 1. The van der Waals surface area contributed by atoms with Gasteiger partial charge in [-0.1, -0.05) is 34.5 Å². The molecule has 1 aromatic heterocycles. The van der Waals surface area contributed by atoms with Gasteiger partial charge in [0.05, 0.1) is 16.1 Å². The van der Waals surface area contributed by atoms with Crippen molar-refractivity contribution < 1.29 is 8.42 Å². The average Bonchev–Trinajstić information content (AvgIpc) is 2.85. The third kappa shape index (κ3) is 3.03. The molecule has 1 aromatic carbocycles. The van der Waals surface area contributed by atoms with Gasteiger partial charge < -0.3 is 0 Å². The van der Waals surface area contributed by atoms with Crippen molar-refractivity contribution in [2.75, 3.05) is 0 Å². The van der Waals surface area contributed by atoms with E-state index in [0.717, 1.165) is 0 Å². The summed E-state index contributed by atoms with van der Waals surface area (Å²) in [5, 5.41) is 13.1. The van der Waals surface area contributed by atoms with Gasteiger partial charge >= 0.3 is 0 Å². The van der Waals surface area contributed by atoms with Gasteiger partial charge in [-0.05, 0) is 19.1 Å². The van der Waals surface area contributed by atoms with Crippen LogP contribution in [0.15, 0.2) is 23.1 Å². The van der Waals surface area contributed by atoms with Crippen molar-refractivity contribution in [1.29, 1.82) is 0 Å². The largest absolute Gasteiger partial charge is 0.242 e. The van der Waals surface area contributed by atoms with Crippen LogP contribution in [0.2, 0.25) is 10.0 Å². The summed E-state index contributed by atoms with van der Waals surface area (Å²) < 4.78 is 26.7. The molecule has 0 fully saturated rings. The predicted molar refractivity (Wildman–Crippen MR) is 69.4 cm³/mol. The topological polar surface area (TPSA) is 101 Å². The molecule has 0 radical (unpaired) electrons. The molecule has 2 aromatic rings. The van der Waals surface area contributed by atoms with Gasteiger partial charge in [0.15, 0.2) is 5.82 Å². The molecule has 2 N–H and O–H groups in total. The van der Waals surface area contributed by atoms with Crippen LogP contribution >= 0.6 is 23.2 Å². The van der Waals surface area contributed by atoms with Gasteiger partial charge in [-0.3, -0.25) is 0 Å². The molecule has 0 spiro atoms. The molecule has 7 nitrogen and oxygen atoms in total. The van der Waals surface area contributed by atoms with Gasteiger partial charge in [-0.25, -0.2) is 13.1 Å². The van der Waals surface area contributed by atoms with Crippen molar-refractivity contribution in [3.63, 3.8) is 0 Å². The first-order chi connectivity index (χ1) is 8.92. The van der Waals surface area contributed by atoms with Gasteiger partial charge in [-0.2, -0.15) is 5.21 Å². The maximum Gasteiger partial charge on any atom is 0.242 e. The third-order valence-corrected chi connectivity index (χ3v) is 4.80. The second kappa shape index (κ2) is 5.41. The van der Waals surface area contributed by atoms with Crippen molar-refractivity contribution >= 4 is 33.2 Å². The van der Waals surface area contributed by atoms with E-state index >= 15 is 0 Å². The van der Waals surface area contributed by atoms with E-state index in [1.54, 1.807) is 6.92 Å². The summed E-state index contributed by atoms with van der Waals surface area (Å²) >= 11 is 11.7. The number of sulfonamides is 1. The van der Waals surface area contributed by atoms with Crippen LogP contribution < -0.4 is 4.72 Å². The maximum atomic E-state index is 12.2. The van der Waals surface area contributed by atoms with Crippen LogP contribution in [-0.4, -0.2) is 29.0 Å². The number of rotatable bonds is 4. The van der Waals surface area contributed by atoms with Crippen LogP contribution in [0, 0.1) is 0 Å². The Hall–Kier alpha value is -1.22. The maximum absolute atomic E-state index is 12.2. The van der Waals surface area contributed by atoms with Crippen LogP contribution in [0.25, 0.3) is 0 Å². The monoisotopic (exact) mass is 321 g/mol. The van der Waals surface area contributed by atoms with Crippen molar-refractivity contribution in [1.82, 2.24) is 25.3 Å². The minimum atomic E-state index is -3.83.